The van der Waals surface area contributed by atoms with E-state index in [1.165, 1.54) is 6.07 Å². The van der Waals surface area contributed by atoms with E-state index in [4.69, 9.17) is 23.2 Å². The quantitative estimate of drug-likeness (QED) is 0.490. The molecule has 0 unspecified atom stereocenters. The van der Waals surface area contributed by atoms with Gasteiger partial charge in [0.1, 0.15) is 0 Å². The summed E-state index contributed by atoms with van der Waals surface area (Å²) in [6, 6.07) is 14.8. The summed E-state index contributed by atoms with van der Waals surface area (Å²) in [5, 5.41) is 3.18. The predicted octanol–water partition coefficient (Wildman–Crippen LogP) is 5.97. The Morgan fingerprint density at radius 2 is 1.53 bits per heavy atom. The Kier molecular flexibility index (Phi) is 6.41. The summed E-state index contributed by atoms with van der Waals surface area (Å²) < 4.78 is 28.7. The summed E-state index contributed by atoms with van der Waals surface area (Å²) >= 11 is 12.1. The number of halogens is 2. The lowest BCUT2D eigenvalue weighted by atomic mass is 10.1. The number of anilines is 2. The highest BCUT2D eigenvalue weighted by Gasteiger charge is 2.21. The fourth-order valence-corrected chi connectivity index (χ4v) is 4.63. The number of carbonyl (C=O) groups excluding carboxylic acids is 1. The number of carbonyl (C=O) groups is 1. The van der Waals surface area contributed by atoms with Crippen LogP contribution in [-0.2, 0) is 10.0 Å². The Morgan fingerprint density at radius 3 is 2.27 bits per heavy atom. The first-order valence-corrected chi connectivity index (χ1v) is 11.3. The topological polar surface area (TPSA) is 75.3 Å². The number of benzene rings is 3. The van der Waals surface area contributed by atoms with Crippen LogP contribution in [0.5, 0.6) is 0 Å². The minimum atomic E-state index is -3.90. The average Bonchev–Trinajstić information content (AvgIpc) is 2.69. The highest BCUT2D eigenvalue weighted by Crippen LogP contribution is 2.30. The van der Waals surface area contributed by atoms with Crippen LogP contribution in [0, 0.1) is 20.8 Å². The van der Waals surface area contributed by atoms with E-state index in [9.17, 15) is 13.2 Å². The molecule has 0 aliphatic heterocycles. The second-order valence-corrected chi connectivity index (χ2v) is 9.32. The van der Waals surface area contributed by atoms with E-state index in [-0.39, 0.29) is 15.5 Å². The normalized spacial score (nSPS) is 11.2. The van der Waals surface area contributed by atoms with Crippen LogP contribution in [0.3, 0.4) is 0 Å². The van der Waals surface area contributed by atoms with Gasteiger partial charge in [0.25, 0.3) is 15.9 Å². The zero-order chi connectivity index (χ0) is 22.1. The number of hydrogen-bond donors (Lipinski definition) is 2. The maximum atomic E-state index is 13.0. The molecule has 3 rings (SSSR count). The van der Waals surface area contributed by atoms with Crippen LogP contribution in [-0.4, -0.2) is 14.3 Å². The third kappa shape index (κ3) is 4.61. The Labute approximate surface area is 186 Å². The largest absolute Gasteiger partial charge is 0.321 e. The van der Waals surface area contributed by atoms with Gasteiger partial charge < -0.3 is 5.32 Å². The SMILES string of the molecule is Cc1ccc(C(=O)Nc2cccc(Cl)c2Cl)cc1S(=O)(=O)Nc1cccc(C)c1C. The summed E-state index contributed by atoms with van der Waals surface area (Å²) in [6.07, 6.45) is 0. The molecule has 30 heavy (non-hydrogen) atoms. The molecule has 156 valence electrons. The number of aryl methyl sites for hydroxylation is 2. The molecule has 3 aromatic rings. The van der Waals surface area contributed by atoms with E-state index >= 15 is 0 Å². The fourth-order valence-electron chi connectivity index (χ4n) is 2.89. The zero-order valence-electron chi connectivity index (χ0n) is 16.6. The Morgan fingerprint density at radius 1 is 0.867 bits per heavy atom. The molecule has 0 heterocycles. The lowest BCUT2D eigenvalue weighted by molar-refractivity contribution is 0.102. The third-order valence-corrected chi connectivity index (χ3v) is 7.11. The molecular weight excluding hydrogens is 443 g/mol. The number of nitrogens with one attached hydrogen (secondary N) is 2. The first-order chi connectivity index (χ1) is 14.1. The molecule has 0 saturated carbocycles. The summed E-state index contributed by atoms with van der Waals surface area (Å²) in [5.74, 6) is -0.498. The molecule has 5 nitrogen and oxygen atoms in total. The van der Waals surface area contributed by atoms with Crippen molar-refractivity contribution in [3.8, 4) is 0 Å². The van der Waals surface area contributed by atoms with Crippen molar-refractivity contribution in [2.75, 3.05) is 10.0 Å². The van der Waals surface area contributed by atoms with E-state index in [1.807, 2.05) is 19.9 Å². The molecule has 2 N–H and O–H groups in total. The molecule has 8 heteroatoms. The van der Waals surface area contributed by atoms with Crippen LogP contribution in [0.15, 0.2) is 59.5 Å². The van der Waals surface area contributed by atoms with Crippen molar-refractivity contribution in [3.63, 3.8) is 0 Å². The van der Waals surface area contributed by atoms with Crippen molar-refractivity contribution in [3.05, 3.63) is 86.9 Å². The molecule has 1 amide bonds. The van der Waals surface area contributed by atoms with Gasteiger partial charge in [-0.25, -0.2) is 8.42 Å². The monoisotopic (exact) mass is 462 g/mol. The van der Waals surface area contributed by atoms with Gasteiger partial charge in [0.15, 0.2) is 0 Å². The van der Waals surface area contributed by atoms with Crippen molar-refractivity contribution in [1.29, 1.82) is 0 Å². The molecule has 0 saturated heterocycles. The van der Waals surface area contributed by atoms with Crippen molar-refractivity contribution >= 4 is 50.5 Å². The number of rotatable bonds is 5. The molecule has 0 fully saturated rings. The molecule has 0 aromatic heterocycles. The lowest BCUT2D eigenvalue weighted by Crippen LogP contribution is -2.18. The summed E-state index contributed by atoms with van der Waals surface area (Å²) in [5.41, 5.74) is 3.34. The molecule has 0 aliphatic carbocycles. The van der Waals surface area contributed by atoms with Crippen molar-refractivity contribution in [2.24, 2.45) is 0 Å². The van der Waals surface area contributed by atoms with E-state index in [0.717, 1.165) is 11.1 Å². The van der Waals surface area contributed by atoms with Crippen molar-refractivity contribution < 1.29 is 13.2 Å². The molecule has 3 aromatic carbocycles. The van der Waals surface area contributed by atoms with Crippen molar-refractivity contribution in [2.45, 2.75) is 25.7 Å². The van der Waals surface area contributed by atoms with E-state index in [2.05, 4.69) is 10.0 Å². The highest BCUT2D eigenvalue weighted by molar-refractivity contribution is 7.92. The third-order valence-electron chi connectivity index (χ3n) is 4.79. The Bertz CT molecular complexity index is 1240. The minimum absolute atomic E-state index is 0.0215. The lowest BCUT2D eigenvalue weighted by Gasteiger charge is -2.15. The Hall–Kier alpha value is -2.54. The van der Waals surface area contributed by atoms with Crippen LogP contribution < -0.4 is 10.0 Å². The molecule has 0 bridgehead atoms. The van der Waals surface area contributed by atoms with Crippen LogP contribution in [0.4, 0.5) is 11.4 Å². The molecule has 0 atom stereocenters. The smallest absolute Gasteiger partial charge is 0.262 e. The average molecular weight is 463 g/mol. The van der Waals surface area contributed by atoms with Crippen LogP contribution >= 0.6 is 23.2 Å². The van der Waals surface area contributed by atoms with E-state index < -0.39 is 15.9 Å². The predicted molar refractivity (Wildman–Crippen MR) is 122 cm³/mol. The van der Waals surface area contributed by atoms with Crippen LogP contribution in [0.2, 0.25) is 10.0 Å². The van der Waals surface area contributed by atoms with Gasteiger partial charge in [0, 0.05) is 5.56 Å². The standard InChI is InChI=1S/C22H20Cl2N2O3S/c1-13-6-4-8-18(15(13)3)26-30(28,29)20-12-16(11-10-14(20)2)22(27)25-19-9-5-7-17(23)21(19)24/h4-12,26H,1-3H3,(H,25,27). The molecule has 0 spiro atoms. The Balaban J connectivity index is 1.93. The van der Waals surface area contributed by atoms with Gasteiger partial charge >= 0.3 is 0 Å². The molecule has 0 aliphatic rings. The second-order valence-electron chi connectivity index (χ2n) is 6.89. The van der Waals surface area contributed by atoms with Gasteiger partial charge in [-0.05, 0) is 67.8 Å². The number of sulfonamides is 1. The maximum absolute atomic E-state index is 13.0. The first kappa shape index (κ1) is 22.2. The van der Waals surface area contributed by atoms with Gasteiger partial charge in [0.05, 0.1) is 26.3 Å². The molecular formula is C22H20Cl2N2O3S. The first-order valence-electron chi connectivity index (χ1n) is 9.05. The summed E-state index contributed by atoms with van der Waals surface area (Å²) in [6.45, 7) is 5.43. The minimum Gasteiger partial charge on any atom is -0.321 e. The van der Waals surface area contributed by atoms with Crippen LogP contribution in [0.25, 0.3) is 0 Å². The van der Waals surface area contributed by atoms with Crippen molar-refractivity contribution in [1.82, 2.24) is 0 Å². The number of amides is 1. The zero-order valence-corrected chi connectivity index (χ0v) is 18.9. The van der Waals surface area contributed by atoms with Gasteiger partial charge in [-0.3, -0.25) is 9.52 Å². The summed E-state index contributed by atoms with van der Waals surface area (Å²) in [7, 11) is -3.90. The number of hydrogen-bond acceptors (Lipinski definition) is 3. The summed E-state index contributed by atoms with van der Waals surface area (Å²) in [4.78, 5) is 12.7. The fraction of sp³-hybridized carbons (Fsp3) is 0.136. The van der Waals surface area contributed by atoms with E-state index in [1.54, 1.807) is 49.4 Å². The van der Waals surface area contributed by atoms with Gasteiger partial charge in [0.2, 0.25) is 0 Å². The van der Waals surface area contributed by atoms with Gasteiger partial charge in [-0.2, -0.15) is 0 Å². The maximum Gasteiger partial charge on any atom is 0.262 e. The highest BCUT2D eigenvalue weighted by atomic mass is 35.5. The van der Waals surface area contributed by atoms with Gasteiger partial charge in [-0.15, -0.1) is 0 Å². The second kappa shape index (κ2) is 8.68. The van der Waals surface area contributed by atoms with Gasteiger partial charge in [-0.1, -0.05) is 47.5 Å². The van der Waals surface area contributed by atoms with Crippen LogP contribution in [0.1, 0.15) is 27.0 Å². The molecule has 0 radical (unpaired) electrons. The van der Waals surface area contributed by atoms with E-state index in [0.29, 0.717) is 22.0 Å².